The van der Waals surface area contributed by atoms with Gasteiger partial charge in [0.05, 0.1) is 11.9 Å². The predicted octanol–water partition coefficient (Wildman–Crippen LogP) is 3.75. The van der Waals surface area contributed by atoms with E-state index in [1.165, 1.54) is 11.0 Å². The molecule has 0 spiro atoms. The highest BCUT2D eigenvalue weighted by atomic mass is 35.5. The highest BCUT2D eigenvalue weighted by Crippen LogP contribution is 2.22. The van der Waals surface area contributed by atoms with Crippen LogP contribution in [-0.4, -0.2) is 50.5 Å². The first kappa shape index (κ1) is 26.7. The Labute approximate surface area is 201 Å². The van der Waals surface area contributed by atoms with E-state index in [0.29, 0.717) is 11.6 Å². The largest absolute Gasteiger partial charge is 0.354 e. The molecule has 2 aromatic rings. The van der Waals surface area contributed by atoms with Gasteiger partial charge in [0.25, 0.3) is 0 Å². The minimum Gasteiger partial charge on any atom is -0.354 e. The number of hydrogen-bond donors (Lipinski definition) is 1. The number of rotatable bonds is 11. The van der Waals surface area contributed by atoms with Crippen LogP contribution in [0.3, 0.4) is 0 Å². The molecule has 0 heterocycles. The number of sulfonamides is 1. The van der Waals surface area contributed by atoms with Crippen LogP contribution >= 0.6 is 11.6 Å². The van der Waals surface area contributed by atoms with E-state index in [1.807, 2.05) is 38.1 Å². The molecule has 0 aromatic heterocycles. The Morgan fingerprint density at radius 1 is 1.12 bits per heavy atom. The average molecular weight is 494 g/mol. The second-order valence-corrected chi connectivity index (χ2v) is 10.4. The van der Waals surface area contributed by atoms with Gasteiger partial charge >= 0.3 is 0 Å². The van der Waals surface area contributed by atoms with Crippen LogP contribution in [0.2, 0.25) is 5.02 Å². The molecule has 0 bridgehead atoms. The Hall–Kier alpha value is -2.58. The van der Waals surface area contributed by atoms with Crippen LogP contribution in [0.15, 0.2) is 48.5 Å². The number of anilines is 1. The molecule has 0 unspecified atom stereocenters. The fourth-order valence-corrected chi connectivity index (χ4v) is 4.28. The second-order valence-electron chi connectivity index (χ2n) is 8.08. The van der Waals surface area contributed by atoms with Gasteiger partial charge in [0, 0.05) is 18.1 Å². The van der Waals surface area contributed by atoms with Crippen molar-refractivity contribution in [2.24, 2.45) is 0 Å². The Morgan fingerprint density at radius 2 is 1.79 bits per heavy atom. The van der Waals surface area contributed by atoms with Crippen LogP contribution in [0, 0.1) is 6.92 Å². The number of nitrogens with one attached hydrogen (secondary N) is 1. The summed E-state index contributed by atoms with van der Waals surface area (Å²) in [4.78, 5) is 27.6. The van der Waals surface area contributed by atoms with E-state index in [2.05, 4.69) is 5.32 Å². The number of carbonyl (C=O) groups excluding carboxylic acids is 2. The molecule has 2 aromatic carbocycles. The first-order valence-corrected chi connectivity index (χ1v) is 13.1. The first-order chi connectivity index (χ1) is 15.5. The number of hydrogen-bond acceptors (Lipinski definition) is 4. The summed E-state index contributed by atoms with van der Waals surface area (Å²) in [7, 11) is -3.78. The lowest BCUT2D eigenvalue weighted by Crippen LogP contribution is -2.51. The van der Waals surface area contributed by atoms with Crippen molar-refractivity contribution in [3.8, 4) is 0 Å². The van der Waals surface area contributed by atoms with Crippen molar-refractivity contribution in [2.75, 3.05) is 23.7 Å². The van der Waals surface area contributed by atoms with Gasteiger partial charge in [-0.05, 0) is 44.0 Å². The summed E-state index contributed by atoms with van der Waals surface area (Å²) in [6.45, 7) is 5.89. The monoisotopic (exact) mass is 493 g/mol. The van der Waals surface area contributed by atoms with Gasteiger partial charge in [-0.15, -0.1) is 0 Å². The summed E-state index contributed by atoms with van der Waals surface area (Å²) >= 11 is 6.04. The van der Waals surface area contributed by atoms with Crippen molar-refractivity contribution in [1.29, 1.82) is 0 Å². The van der Waals surface area contributed by atoms with Crippen molar-refractivity contribution in [2.45, 2.75) is 46.2 Å². The summed E-state index contributed by atoms with van der Waals surface area (Å²) in [5.74, 6) is -0.767. The molecular weight excluding hydrogens is 462 g/mol. The first-order valence-electron chi connectivity index (χ1n) is 10.9. The maximum atomic E-state index is 13.4. The summed E-state index contributed by atoms with van der Waals surface area (Å²) in [5.41, 5.74) is 2.20. The zero-order valence-corrected chi connectivity index (χ0v) is 21.1. The lowest BCUT2D eigenvalue weighted by Gasteiger charge is -2.31. The maximum absolute atomic E-state index is 13.4. The number of carbonyl (C=O) groups is 2. The quantitative estimate of drug-likeness (QED) is 0.483. The Bertz CT molecular complexity index is 1060. The number of benzene rings is 2. The third kappa shape index (κ3) is 8.05. The van der Waals surface area contributed by atoms with Crippen LogP contribution in [0.4, 0.5) is 5.69 Å². The minimum atomic E-state index is -3.78. The third-order valence-corrected chi connectivity index (χ3v) is 6.62. The van der Waals surface area contributed by atoms with E-state index < -0.39 is 28.5 Å². The molecule has 0 saturated heterocycles. The molecule has 0 aliphatic carbocycles. The lowest BCUT2D eigenvalue weighted by atomic mass is 10.1. The Kier molecular flexibility index (Phi) is 9.73. The van der Waals surface area contributed by atoms with Crippen LogP contribution in [0.1, 0.15) is 37.8 Å². The van der Waals surface area contributed by atoms with Crippen molar-refractivity contribution < 1.29 is 18.0 Å². The number of amides is 2. The van der Waals surface area contributed by atoms with E-state index >= 15 is 0 Å². The predicted molar refractivity (Wildman–Crippen MR) is 133 cm³/mol. The minimum absolute atomic E-state index is 0.175. The van der Waals surface area contributed by atoms with Gasteiger partial charge in [-0.2, -0.15) is 0 Å². The van der Waals surface area contributed by atoms with Gasteiger partial charge in [0.1, 0.15) is 12.6 Å². The highest BCUT2D eigenvalue weighted by molar-refractivity contribution is 7.92. The molecule has 0 radical (unpaired) electrons. The SMILES string of the molecule is CCCCNC(=O)[C@H](C)N(Cc1ccc(C)cc1)C(=O)CN(c1cccc(Cl)c1)S(C)(=O)=O. The molecule has 1 N–H and O–H groups in total. The molecule has 7 nitrogen and oxygen atoms in total. The molecule has 0 fully saturated rings. The zero-order valence-electron chi connectivity index (χ0n) is 19.5. The molecule has 9 heteroatoms. The van der Waals surface area contributed by atoms with E-state index in [0.717, 1.165) is 34.5 Å². The van der Waals surface area contributed by atoms with E-state index in [4.69, 9.17) is 11.6 Å². The van der Waals surface area contributed by atoms with Crippen molar-refractivity contribution in [3.63, 3.8) is 0 Å². The van der Waals surface area contributed by atoms with Gasteiger partial charge < -0.3 is 10.2 Å². The number of unbranched alkanes of at least 4 members (excludes halogenated alkanes) is 1. The molecular formula is C24H32ClN3O4S. The van der Waals surface area contributed by atoms with E-state index in [-0.39, 0.29) is 18.1 Å². The molecule has 0 aliphatic rings. The number of aryl methyl sites for hydroxylation is 1. The smallest absolute Gasteiger partial charge is 0.244 e. The van der Waals surface area contributed by atoms with Crippen LogP contribution in [0.5, 0.6) is 0 Å². The lowest BCUT2D eigenvalue weighted by molar-refractivity contribution is -0.139. The van der Waals surface area contributed by atoms with Crippen molar-refractivity contribution in [3.05, 3.63) is 64.7 Å². The maximum Gasteiger partial charge on any atom is 0.244 e. The molecule has 33 heavy (non-hydrogen) atoms. The molecule has 2 amide bonds. The standard InChI is InChI=1S/C24H32ClN3O4S/c1-5-6-14-26-24(30)19(3)27(16-20-12-10-18(2)11-13-20)23(29)17-28(33(4,31)32)22-9-7-8-21(25)15-22/h7-13,15,19H,5-6,14,16-17H2,1-4H3,(H,26,30)/t19-/m0/s1. The van der Waals surface area contributed by atoms with E-state index in [9.17, 15) is 18.0 Å². The number of nitrogens with zero attached hydrogens (tertiary/aromatic N) is 2. The van der Waals surface area contributed by atoms with Crippen LogP contribution in [0.25, 0.3) is 0 Å². The van der Waals surface area contributed by atoms with Crippen molar-refractivity contribution >= 4 is 39.1 Å². The highest BCUT2D eigenvalue weighted by Gasteiger charge is 2.30. The normalized spacial score (nSPS) is 12.2. The van der Waals surface area contributed by atoms with Crippen LogP contribution < -0.4 is 9.62 Å². The van der Waals surface area contributed by atoms with Crippen molar-refractivity contribution in [1.82, 2.24) is 10.2 Å². The molecule has 1 atom stereocenters. The van der Waals surface area contributed by atoms with Crippen LogP contribution in [-0.2, 0) is 26.2 Å². The molecule has 180 valence electrons. The molecule has 0 aliphatic heterocycles. The second kappa shape index (κ2) is 12.0. The summed E-state index contributed by atoms with van der Waals surface area (Å²) < 4.78 is 26.0. The van der Waals surface area contributed by atoms with Gasteiger partial charge in [-0.3, -0.25) is 13.9 Å². The summed E-state index contributed by atoms with van der Waals surface area (Å²) in [6.07, 6.45) is 2.80. The van der Waals surface area contributed by atoms with Gasteiger partial charge in [0.15, 0.2) is 0 Å². The fraction of sp³-hybridized carbons (Fsp3) is 0.417. The third-order valence-electron chi connectivity index (χ3n) is 5.25. The Morgan fingerprint density at radius 3 is 2.36 bits per heavy atom. The fourth-order valence-electron chi connectivity index (χ4n) is 3.25. The van der Waals surface area contributed by atoms with E-state index in [1.54, 1.807) is 25.1 Å². The Balaban J connectivity index is 2.33. The number of halogens is 1. The average Bonchev–Trinajstić information content (AvgIpc) is 2.75. The summed E-state index contributed by atoms with van der Waals surface area (Å²) in [6, 6.07) is 13.2. The van der Waals surface area contributed by atoms with Gasteiger partial charge in [-0.1, -0.05) is 60.8 Å². The van der Waals surface area contributed by atoms with Gasteiger partial charge in [-0.25, -0.2) is 8.42 Å². The topological polar surface area (TPSA) is 86.8 Å². The molecule has 0 saturated carbocycles. The molecule has 2 rings (SSSR count). The van der Waals surface area contributed by atoms with Gasteiger partial charge in [0.2, 0.25) is 21.8 Å². The summed E-state index contributed by atoms with van der Waals surface area (Å²) in [5, 5.41) is 3.21. The zero-order chi connectivity index (χ0) is 24.6.